The molecule has 0 heterocycles. The first-order valence-electron chi connectivity index (χ1n) is 6.24. The highest BCUT2D eigenvalue weighted by Gasteiger charge is 2.16. The smallest absolute Gasteiger partial charge is 0.168 e. The SMILES string of the molecule is COc1cc(Br)c(C(=O)Cc2ccc(F)cc2)cc1OC. The van der Waals surface area contributed by atoms with Crippen LogP contribution in [0.5, 0.6) is 11.5 Å². The minimum absolute atomic E-state index is 0.0885. The molecule has 0 N–H and O–H groups in total. The predicted octanol–water partition coefficient (Wildman–Crippen LogP) is 4.03. The van der Waals surface area contributed by atoms with Gasteiger partial charge in [-0.3, -0.25) is 4.79 Å². The van der Waals surface area contributed by atoms with Gasteiger partial charge in [-0.1, -0.05) is 12.1 Å². The van der Waals surface area contributed by atoms with E-state index >= 15 is 0 Å². The summed E-state index contributed by atoms with van der Waals surface area (Å²) in [5.41, 5.74) is 1.25. The van der Waals surface area contributed by atoms with Crippen molar-refractivity contribution in [3.8, 4) is 11.5 Å². The highest BCUT2D eigenvalue weighted by atomic mass is 79.9. The molecule has 0 bridgehead atoms. The molecule has 110 valence electrons. The molecule has 0 aromatic heterocycles. The van der Waals surface area contributed by atoms with Crippen molar-refractivity contribution in [3.05, 3.63) is 57.8 Å². The van der Waals surface area contributed by atoms with Gasteiger partial charge in [0.15, 0.2) is 17.3 Å². The van der Waals surface area contributed by atoms with Gasteiger partial charge in [0.2, 0.25) is 0 Å². The van der Waals surface area contributed by atoms with Gasteiger partial charge < -0.3 is 9.47 Å². The van der Waals surface area contributed by atoms with Gasteiger partial charge in [-0.05, 0) is 45.8 Å². The van der Waals surface area contributed by atoms with Crippen LogP contribution in [-0.4, -0.2) is 20.0 Å². The Labute approximate surface area is 130 Å². The molecule has 0 aliphatic heterocycles. The molecular weight excluding hydrogens is 339 g/mol. The minimum Gasteiger partial charge on any atom is -0.493 e. The fourth-order valence-electron chi connectivity index (χ4n) is 1.95. The number of hydrogen-bond acceptors (Lipinski definition) is 3. The van der Waals surface area contributed by atoms with Crippen molar-refractivity contribution >= 4 is 21.7 Å². The Morgan fingerprint density at radius 2 is 1.67 bits per heavy atom. The van der Waals surface area contributed by atoms with E-state index in [4.69, 9.17) is 9.47 Å². The molecule has 0 fully saturated rings. The molecule has 0 saturated carbocycles. The quantitative estimate of drug-likeness (QED) is 0.762. The minimum atomic E-state index is -0.321. The second-order valence-electron chi connectivity index (χ2n) is 4.41. The fourth-order valence-corrected chi connectivity index (χ4v) is 2.49. The number of carbonyl (C=O) groups excluding carboxylic acids is 1. The van der Waals surface area contributed by atoms with E-state index in [1.54, 1.807) is 24.3 Å². The summed E-state index contributed by atoms with van der Waals surface area (Å²) in [6.07, 6.45) is 0.189. The molecular formula is C16H14BrFO3. The lowest BCUT2D eigenvalue weighted by Crippen LogP contribution is -2.05. The van der Waals surface area contributed by atoms with Crippen molar-refractivity contribution in [2.75, 3.05) is 14.2 Å². The number of halogens is 2. The van der Waals surface area contributed by atoms with Crippen LogP contribution in [0.1, 0.15) is 15.9 Å². The zero-order valence-electron chi connectivity index (χ0n) is 11.7. The molecule has 2 aromatic carbocycles. The molecule has 0 unspecified atom stereocenters. The summed E-state index contributed by atoms with van der Waals surface area (Å²) in [5, 5.41) is 0. The Bertz CT molecular complexity index is 653. The third-order valence-electron chi connectivity index (χ3n) is 3.05. The Balaban J connectivity index is 2.28. The van der Waals surface area contributed by atoms with E-state index < -0.39 is 0 Å². The van der Waals surface area contributed by atoms with Crippen molar-refractivity contribution in [1.82, 2.24) is 0 Å². The molecule has 0 spiro atoms. The van der Waals surface area contributed by atoms with Crippen LogP contribution in [0.25, 0.3) is 0 Å². The first-order valence-corrected chi connectivity index (χ1v) is 7.03. The lowest BCUT2D eigenvalue weighted by atomic mass is 10.0. The van der Waals surface area contributed by atoms with Gasteiger partial charge in [0.05, 0.1) is 14.2 Å². The zero-order valence-corrected chi connectivity index (χ0v) is 13.2. The van der Waals surface area contributed by atoms with Crippen LogP contribution in [0.2, 0.25) is 0 Å². The molecule has 2 rings (SSSR count). The molecule has 0 radical (unpaired) electrons. The number of ether oxygens (including phenoxy) is 2. The predicted molar refractivity (Wildman–Crippen MR) is 81.7 cm³/mol. The molecule has 2 aromatic rings. The molecule has 5 heteroatoms. The lowest BCUT2D eigenvalue weighted by molar-refractivity contribution is 0.0992. The first-order chi connectivity index (χ1) is 10.0. The van der Waals surface area contributed by atoms with Crippen molar-refractivity contribution in [1.29, 1.82) is 0 Å². The van der Waals surface area contributed by atoms with Gasteiger partial charge in [-0.25, -0.2) is 4.39 Å². The molecule has 0 saturated heterocycles. The maximum absolute atomic E-state index is 12.9. The zero-order chi connectivity index (χ0) is 15.4. The van der Waals surface area contributed by atoms with E-state index in [1.807, 2.05) is 0 Å². The number of rotatable bonds is 5. The van der Waals surface area contributed by atoms with E-state index in [1.165, 1.54) is 26.4 Å². The molecule has 3 nitrogen and oxygen atoms in total. The van der Waals surface area contributed by atoms with Crippen LogP contribution in [0.4, 0.5) is 4.39 Å². The van der Waals surface area contributed by atoms with E-state index in [0.29, 0.717) is 21.5 Å². The lowest BCUT2D eigenvalue weighted by Gasteiger charge is -2.11. The normalized spacial score (nSPS) is 10.3. The number of Topliss-reactive ketones (excluding diaryl/α,β-unsaturated/α-hetero) is 1. The number of carbonyl (C=O) groups is 1. The highest BCUT2D eigenvalue weighted by molar-refractivity contribution is 9.10. The summed E-state index contributed by atoms with van der Waals surface area (Å²) in [6, 6.07) is 9.20. The Morgan fingerprint density at radius 3 is 2.24 bits per heavy atom. The van der Waals surface area contributed by atoms with Crippen LogP contribution in [-0.2, 0) is 6.42 Å². The Hall–Kier alpha value is -1.88. The largest absolute Gasteiger partial charge is 0.493 e. The summed E-state index contributed by atoms with van der Waals surface area (Å²) in [5.74, 6) is 0.624. The Morgan fingerprint density at radius 1 is 1.10 bits per heavy atom. The Kier molecular flexibility index (Phi) is 4.96. The second kappa shape index (κ2) is 6.72. The average molecular weight is 353 g/mol. The maximum atomic E-state index is 12.9. The van der Waals surface area contributed by atoms with Crippen molar-refractivity contribution in [2.45, 2.75) is 6.42 Å². The number of benzene rings is 2. The molecule has 21 heavy (non-hydrogen) atoms. The summed E-state index contributed by atoms with van der Waals surface area (Å²) in [6.45, 7) is 0. The van der Waals surface area contributed by atoms with Crippen LogP contribution in [0.3, 0.4) is 0 Å². The third-order valence-corrected chi connectivity index (χ3v) is 3.71. The van der Waals surface area contributed by atoms with Gasteiger partial charge >= 0.3 is 0 Å². The average Bonchev–Trinajstić information content (AvgIpc) is 2.49. The summed E-state index contributed by atoms with van der Waals surface area (Å²) >= 11 is 3.36. The second-order valence-corrected chi connectivity index (χ2v) is 5.27. The maximum Gasteiger partial charge on any atom is 0.168 e. The summed E-state index contributed by atoms with van der Waals surface area (Å²) in [4.78, 5) is 12.4. The third kappa shape index (κ3) is 3.61. The fraction of sp³-hybridized carbons (Fsp3) is 0.188. The first kappa shape index (κ1) is 15.5. The van der Waals surface area contributed by atoms with E-state index in [9.17, 15) is 9.18 Å². The van der Waals surface area contributed by atoms with Gasteiger partial charge in [-0.15, -0.1) is 0 Å². The van der Waals surface area contributed by atoms with Crippen LogP contribution >= 0.6 is 15.9 Å². The molecule has 0 aliphatic rings. The van der Waals surface area contributed by atoms with Crippen LogP contribution < -0.4 is 9.47 Å². The molecule has 0 amide bonds. The van der Waals surface area contributed by atoms with Crippen molar-refractivity contribution in [2.24, 2.45) is 0 Å². The van der Waals surface area contributed by atoms with E-state index in [0.717, 1.165) is 5.56 Å². The van der Waals surface area contributed by atoms with E-state index in [-0.39, 0.29) is 18.0 Å². The number of ketones is 1. The van der Waals surface area contributed by atoms with Gasteiger partial charge in [0, 0.05) is 16.5 Å². The highest BCUT2D eigenvalue weighted by Crippen LogP contribution is 2.33. The standard InChI is InChI=1S/C16H14BrFO3/c1-20-15-8-12(13(17)9-16(15)21-2)14(19)7-10-3-5-11(18)6-4-10/h3-6,8-9H,7H2,1-2H3. The van der Waals surface area contributed by atoms with Crippen molar-refractivity contribution < 1.29 is 18.7 Å². The van der Waals surface area contributed by atoms with E-state index in [2.05, 4.69) is 15.9 Å². The van der Waals surface area contributed by atoms with Gasteiger partial charge in [0.25, 0.3) is 0 Å². The number of hydrogen-bond donors (Lipinski definition) is 0. The van der Waals surface area contributed by atoms with Crippen LogP contribution in [0, 0.1) is 5.82 Å². The van der Waals surface area contributed by atoms with Crippen LogP contribution in [0.15, 0.2) is 40.9 Å². The molecule has 0 atom stereocenters. The molecule has 0 aliphatic carbocycles. The summed E-state index contributed by atoms with van der Waals surface area (Å²) < 4.78 is 23.9. The topological polar surface area (TPSA) is 35.5 Å². The summed E-state index contributed by atoms with van der Waals surface area (Å²) in [7, 11) is 3.05. The van der Waals surface area contributed by atoms with Crippen molar-refractivity contribution in [3.63, 3.8) is 0 Å². The van der Waals surface area contributed by atoms with Gasteiger partial charge in [0.1, 0.15) is 5.82 Å². The monoisotopic (exact) mass is 352 g/mol. The van der Waals surface area contributed by atoms with Gasteiger partial charge in [-0.2, -0.15) is 0 Å². The number of methoxy groups -OCH3 is 2.